The van der Waals surface area contributed by atoms with Gasteiger partial charge in [0.2, 0.25) is 0 Å². The van der Waals surface area contributed by atoms with Gasteiger partial charge in [0.15, 0.2) is 0 Å². The van der Waals surface area contributed by atoms with Crippen LogP contribution in [0, 0.1) is 26.5 Å². The summed E-state index contributed by atoms with van der Waals surface area (Å²) in [5.74, 6) is 0. The van der Waals surface area contributed by atoms with Gasteiger partial charge in [-0.2, -0.15) is 0 Å². The van der Waals surface area contributed by atoms with E-state index in [1.54, 1.807) is 6.92 Å². The number of carbonyl (C=O) groups excluding carboxylic acids is 1. The molecule has 0 saturated heterocycles. The number of nitriles is 2. The van der Waals surface area contributed by atoms with Gasteiger partial charge >= 0.3 is 132 Å². The second-order valence-corrected chi connectivity index (χ2v) is 13.3. The van der Waals surface area contributed by atoms with Crippen LogP contribution in [0.4, 0.5) is 4.79 Å². The van der Waals surface area contributed by atoms with Crippen LogP contribution >= 0.6 is 11.6 Å². The first kappa shape index (κ1) is 15.9. The molecule has 1 fully saturated rings. The van der Waals surface area contributed by atoms with E-state index < -0.39 is 26.3 Å². The molecule has 1 aliphatic rings. The molecule has 1 aromatic rings. The second-order valence-electron chi connectivity index (χ2n) is 4.29. The van der Waals surface area contributed by atoms with Gasteiger partial charge in [-0.25, -0.2) is 0 Å². The van der Waals surface area contributed by atoms with Crippen LogP contribution in [0.1, 0.15) is 19.8 Å². The average molecular weight is 420 g/mol. The van der Waals surface area contributed by atoms with Crippen molar-refractivity contribution in [1.82, 2.24) is 9.97 Å². The Kier molecular flexibility index (Phi) is 4.96. The van der Waals surface area contributed by atoms with Gasteiger partial charge in [0.25, 0.3) is 0 Å². The summed E-state index contributed by atoms with van der Waals surface area (Å²) in [4.78, 5) is 21.0. The Bertz CT molecular complexity index is 607. The van der Waals surface area contributed by atoms with Crippen molar-refractivity contribution in [3.8, 4) is 12.1 Å². The SMILES string of the molecule is CCOC(=O)[I-](c1ncc(Cl)cn1)(C(C#N)C#N)C1CC1. The van der Waals surface area contributed by atoms with Gasteiger partial charge in [-0.1, -0.05) is 0 Å². The van der Waals surface area contributed by atoms with Crippen LogP contribution < -0.4 is 18.4 Å². The fourth-order valence-corrected chi connectivity index (χ4v) is 11.3. The number of hydrogen-bond acceptors (Lipinski definition) is 6. The maximum atomic E-state index is 12.6. The number of carbonyl (C=O) groups is 1. The molecule has 0 aromatic carbocycles. The minimum absolute atomic E-state index is 0.0152. The summed E-state index contributed by atoms with van der Waals surface area (Å²) in [5.41, 5.74) is 0. The van der Waals surface area contributed by atoms with E-state index in [9.17, 15) is 15.3 Å². The second kappa shape index (κ2) is 6.54. The average Bonchev–Trinajstić information content (AvgIpc) is 3.31. The Labute approximate surface area is 131 Å². The Balaban J connectivity index is 2.61. The first-order chi connectivity index (χ1) is 10.1. The zero-order valence-electron chi connectivity index (χ0n) is 11.3. The molecular formula is C13H13ClIN4O2-. The molecule has 1 heterocycles. The van der Waals surface area contributed by atoms with Gasteiger partial charge in [0, 0.05) is 0 Å². The molecule has 6 nitrogen and oxygen atoms in total. The molecule has 8 heteroatoms. The van der Waals surface area contributed by atoms with Crippen molar-refractivity contribution < 1.29 is 28.0 Å². The topological polar surface area (TPSA) is 99.7 Å². The fraction of sp³-hybridized carbons (Fsp3) is 0.462. The molecule has 1 saturated carbocycles. The molecule has 0 N–H and O–H groups in total. The van der Waals surface area contributed by atoms with E-state index >= 15 is 0 Å². The van der Waals surface area contributed by atoms with Gasteiger partial charge in [-0.3, -0.25) is 0 Å². The van der Waals surface area contributed by atoms with Gasteiger partial charge in [0.05, 0.1) is 0 Å². The number of ether oxygens (including phenoxy) is 1. The van der Waals surface area contributed by atoms with Crippen LogP contribution in [0.3, 0.4) is 0 Å². The summed E-state index contributed by atoms with van der Waals surface area (Å²) >= 11 is 1.97. The normalized spacial score (nSPS) is 18.1. The molecule has 0 aliphatic heterocycles. The first-order valence-corrected chi connectivity index (χ1v) is 11.3. The van der Waals surface area contributed by atoms with Crippen molar-refractivity contribution >= 4 is 15.6 Å². The Hall–Kier alpha value is -1.45. The monoisotopic (exact) mass is 419 g/mol. The summed E-state index contributed by atoms with van der Waals surface area (Å²) in [6, 6.07) is 3.94. The Morgan fingerprint density at radius 3 is 2.48 bits per heavy atom. The molecule has 1 unspecified atom stereocenters. The van der Waals surface area contributed by atoms with Gasteiger partial charge < -0.3 is 0 Å². The number of nitrogens with zero attached hydrogens (tertiary/aromatic N) is 4. The molecular weight excluding hydrogens is 407 g/mol. The quantitative estimate of drug-likeness (QED) is 0.268. The summed E-state index contributed by atoms with van der Waals surface area (Å²) in [6.45, 7) is 1.90. The molecule has 0 radical (unpaired) electrons. The van der Waals surface area contributed by atoms with E-state index in [2.05, 4.69) is 9.97 Å². The zero-order chi connectivity index (χ0) is 15.5. The summed E-state index contributed by atoms with van der Waals surface area (Å²) in [5, 5.41) is 19.1. The van der Waals surface area contributed by atoms with Crippen LogP contribution in [-0.4, -0.2) is 28.4 Å². The van der Waals surface area contributed by atoms with Crippen LogP contribution in [0.2, 0.25) is 5.02 Å². The molecule has 112 valence electrons. The maximum absolute atomic E-state index is 12.6. The van der Waals surface area contributed by atoms with E-state index in [-0.39, 0.29) is 10.5 Å². The molecule has 1 atom stereocenters. The van der Waals surface area contributed by atoms with E-state index in [0.717, 1.165) is 12.8 Å². The third-order valence-corrected chi connectivity index (χ3v) is 13.6. The summed E-state index contributed by atoms with van der Waals surface area (Å²) in [7, 11) is 0. The van der Waals surface area contributed by atoms with Crippen molar-refractivity contribution in [1.29, 1.82) is 10.5 Å². The molecule has 2 rings (SSSR count). The molecule has 1 aromatic heterocycles. The van der Waals surface area contributed by atoms with E-state index in [1.165, 1.54) is 12.4 Å². The predicted octanol–water partition coefficient (Wildman–Crippen LogP) is -0.805. The third-order valence-electron chi connectivity index (χ3n) is 2.95. The van der Waals surface area contributed by atoms with Crippen LogP contribution in [0.5, 0.6) is 0 Å². The molecule has 21 heavy (non-hydrogen) atoms. The number of rotatable bonds is 5. The molecule has 0 amide bonds. The fourth-order valence-electron chi connectivity index (χ4n) is 1.95. The van der Waals surface area contributed by atoms with E-state index in [4.69, 9.17) is 16.3 Å². The van der Waals surface area contributed by atoms with Gasteiger partial charge in [0.1, 0.15) is 0 Å². The van der Waals surface area contributed by atoms with Crippen LogP contribution in [0.15, 0.2) is 12.4 Å². The third kappa shape index (κ3) is 2.81. The van der Waals surface area contributed by atoms with E-state index in [0.29, 0.717) is 8.85 Å². The standard InChI is InChI=1S/C13H13ClIN4O2/c1-2-21-13(20)15(10-3-4-10,11(5-16)6-17)12-18-7-9(14)8-19-12/h7-8,10-11H,2-4H2,1H3/q-1. The number of hydrogen-bond donors (Lipinski definition) is 0. The summed E-state index contributed by atoms with van der Waals surface area (Å²) < 4.78 is 4.06. The Morgan fingerprint density at radius 2 is 2.05 bits per heavy atom. The minimum atomic E-state index is -3.82. The zero-order valence-corrected chi connectivity index (χ0v) is 14.2. The van der Waals surface area contributed by atoms with Crippen LogP contribution in [0.25, 0.3) is 0 Å². The summed E-state index contributed by atoms with van der Waals surface area (Å²) in [6.07, 6.45) is 4.41. The number of halogens is 2. The number of alkyl halides is 2. The van der Waals surface area contributed by atoms with Crippen molar-refractivity contribution in [2.75, 3.05) is 6.61 Å². The predicted molar refractivity (Wildman–Crippen MR) is 70.8 cm³/mol. The van der Waals surface area contributed by atoms with Crippen LogP contribution in [-0.2, 0) is 4.74 Å². The van der Waals surface area contributed by atoms with Crippen molar-refractivity contribution in [3.05, 3.63) is 21.2 Å². The molecule has 1 aliphatic carbocycles. The Morgan fingerprint density at radius 1 is 1.48 bits per heavy atom. The van der Waals surface area contributed by atoms with Crippen molar-refractivity contribution in [3.63, 3.8) is 0 Å². The van der Waals surface area contributed by atoms with Gasteiger partial charge in [-0.05, 0) is 0 Å². The molecule has 0 bridgehead atoms. The van der Waals surface area contributed by atoms with Crippen molar-refractivity contribution in [2.24, 2.45) is 0 Å². The van der Waals surface area contributed by atoms with Crippen molar-refractivity contribution in [2.45, 2.75) is 27.6 Å². The van der Waals surface area contributed by atoms with Gasteiger partial charge in [-0.15, -0.1) is 0 Å². The molecule has 0 spiro atoms. The number of aromatic nitrogens is 2. The van der Waals surface area contributed by atoms with E-state index in [1.807, 2.05) is 12.1 Å². The first-order valence-electron chi connectivity index (χ1n) is 6.29.